The van der Waals surface area contributed by atoms with Gasteiger partial charge in [0.2, 0.25) is 10.0 Å². The SMILES string of the molecule is O=[N+]([O-])c1cccc(CS(=O)(=O)N[C@@H]2CCc3ccccc32)c1. The Kier molecular flexibility index (Phi) is 4.14. The van der Waals surface area contributed by atoms with Gasteiger partial charge in [-0.2, -0.15) is 0 Å². The van der Waals surface area contributed by atoms with E-state index in [1.54, 1.807) is 6.07 Å². The molecule has 0 fully saturated rings. The van der Waals surface area contributed by atoms with Gasteiger partial charge in [0.15, 0.2) is 0 Å². The number of nitrogens with one attached hydrogen (secondary N) is 1. The lowest BCUT2D eigenvalue weighted by atomic mass is 10.1. The number of nitro groups is 1. The highest BCUT2D eigenvalue weighted by atomic mass is 32.2. The van der Waals surface area contributed by atoms with Gasteiger partial charge in [0.25, 0.3) is 5.69 Å². The molecule has 0 unspecified atom stereocenters. The highest BCUT2D eigenvalue weighted by Crippen LogP contribution is 2.31. The number of benzene rings is 2. The summed E-state index contributed by atoms with van der Waals surface area (Å²) in [5.41, 5.74) is 2.47. The van der Waals surface area contributed by atoms with Crippen molar-refractivity contribution in [3.8, 4) is 0 Å². The minimum atomic E-state index is -3.58. The third kappa shape index (κ3) is 3.57. The van der Waals surface area contributed by atoms with Gasteiger partial charge in [0.05, 0.1) is 10.7 Å². The summed E-state index contributed by atoms with van der Waals surface area (Å²) in [6, 6.07) is 13.3. The number of hydrogen-bond donors (Lipinski definition) is 1. The van der Waals surface area contributed by atoms with Crippen LogP contribution in [0.1, 0.15) is 29.2 Å². The lowest BCUT2D eigenvalue weighted by molar-refractivity contribution is -0.384. The van der Waals surface area contributed by atoms with Crippen molar-refractivity contribution in [2.75, 3.05) is 0 Å². The molecule has 2 aromatic carbocycles. The number of fused-ring (bicyclic) bond motifs is 1. The Morgan fingerprint density at radius 2 is 1.96 bits per heavy atom. The first-order valence-corrected chi connectivity index (χ1v) is 8.91. The van der Waals surface area contributed by atoms with Gasteiger partial charge in [-0.1, -0.05) is 36.4 Å². The van der Waals surface area contributed by atoms with E-state index in [4.69, 9.17) is 0 Å². The largest absolute Gasteiger partial charge is 0.269 e. The van der Waals surface area contributed by atoms with E-state index < -0.39 is 14.9 Å². The van der Waals surface area contributed by atoms with Gasteiger partial charge in [-0.15, -0.1) is 0 Å². The van der Waals surface area contributed by atoms with E-state index >= 15 is 0 Å². The summed E-state index contributed by atoms with van der Waals surface area (Å²) in [5, 5.41) is 10.8. The summed E-state index contributed by atoms with van der Waals surface area (Å²) in [4.78, 5) is 10.2. The van der Waals surface area contributed by atoms with Crippen LogP contribution in [0.4, 0.5) is 5.69 Å². The maximum atomic E-state index is 12.4. The van der Waals surface area contributed by atoms with Crippen LogP contribution in [-0.4, -0.2) is 13.3 Å². The molecule has 0 aromatic heterocycles. The monoisotopic (exact) mass is 332 g/mol. The molecule has 7 heteroatoms. The van der Waals surface area contributed by atoms with Crippen molar-refractivity contribution >= 4 is 15.7 Å². The lowest BCUT2D eigenvalue weighted by Gasteiger charge is -2.14. The molecule has 1 aliphatic rings. The Balaban J connectivity index is 1.76. The van der Waals surface area contributed by atoms with Gasteiger partial charge < -0.3 is 0 Å². The van der Waals surface area contributed by atoms with Crippen LogP contribution in [0.5, 0.6) is 0 Å². The molecular weight excluding hydrogens is 316 g/mol. The van der Waals surface area contributed by atoms with Crippen molar-refractivity contribution < 1.29 is 13.3 Å². The van der Waals surface area contributed by atoms with Gasteiger partial charge in [-0.05, 0) is 29.5 Å². The minimum Gasteiger partial charge on any atom is -0.258 e. The van der Waals surface area contributed by atoms with Gasteiger partial charge >= 0.3 is 0 Å². The van der Waals surface area contributed by atoms with Crippen molar-refractivity contribution in [1.29, 1.82) is 0 Å². The van der Waals surface area contributed by atoms with E-state index in [1.807, 2.05) is 24.3 Å². The average Bonchev–Trinajstić information content (AvgIpc) is 2.90. The predicted octanol–water partition coefficient (Wildman–Crippen LogP) is 2.70. The zero-order valence-electron chi connectivity index (χ0n) is 12.3. The molecule has 1 atom stereocenters. The Hall–Kier alpha value is -2.25. The summed E-state index contributed by atoms with van der Waals surface area (Å²) in [5.74, 6) is -0.270. The Bertz CT molecular complexity index is 849. The molecule has 0 aliphatic heterocycles. The fourth-order valence-electron chi connectivity index (χ4n) is 2.92. The smallest absolute Gasteiger partial charge is 0.258 e. The molecule has 1 N–H and O–H groups in total. The maximum absolute atomic E-state index is 12.4. The number of sulfonamides is 1. The zero-order chi connectivity index (χ0) is 16.4. The van der Waals surface area contributed by atoms with Gasteiger partial charge in [0, 0.05) is 18.2 Å². The standard InChI is InChI=1S/C16H16N2O4S/c19-18(20)14-6-3-4-12(10-14)11-23(21,22)17-16-9-8-13-5-1-2-7-15(13)16/h1-7,10,16-17H,8-9,11H2/t16-/m1/s1. The van der Waals surface area contributed by atoms with Crippen molar-refractivity contribution in [3.05, 3.63) is 75.3 Å². The van der Waals surface area contributed by atoms with E-state index in [0.29, 0.717) is 5.56 Å². The van der Waals surface area contributed by atoms with Crippen LogP contribution in [0.2, 0.25) is 0 Å². The highest BCUT2D eigenvalue weighted by molar-refractivity contribution is 7.88. The number of nitro benzene ring substituents is 1. The Morgan fingerprint density at radius 1 is 1.17 bits per heavy atom. The van der Waals surface area contributed by atoms with Crippen LogP contribution in [0.25, 0.3) is 0 Å². The summed E-state index contributed by atoms with van der Waals surface area (Å²) in [7, 11) is -3.58. The first kappa shape index (κ1) is 15.6. The lowest BCUT2D eigenvalue weighted by Crippen LogP contribution is -2.28. The first-order valence-electron chi connectivity index (χ1n) is 7.26. The van der Waals surface area contributed by atoms with Crippen molar-refractivity contribution in [2.45, 2.75) is 24.6 Å². The predicted molar refractivity (Wildman–Crippen MR) is 86.4 cm³/mol. The quantitative estimate of drug-likeness (QED) is 0.673. The zero-order valence-corrected chi connectivity index (χ0v) is 13.1. The number of non-ortho nitro benzene ring substituents is 1. The molecule has 0 saturated heterocycles. The molecular formula is C16H16N2O4S. The summed E-state index contributed by atoms with van der Waals surface area (Å²) in [6.07, 6.45) is 1.58. The molecule has 23 heavy (non-hydrogen) atoms. The maximum Gasteiger partial charge on any atom is 0.269 e. The van der Waals surface area contributed by atoms with E-state index in [1.165, 1.54) is 18.2 Å². The summed E-state index contributed by atoms with van der Waals surface area (Å²) >= 11 is 0. The fourth-order valence-corrected chi connectivity index (χ4v) is 4.30. The van der Waals surface area contributed by atoms with E-state index in [-0.39, 0.29) is 17.5 Å². The third-order valence-corrected chi connectivity index (χ3v) is 5.29. The summed E-state index contributed by atoms with van der Waals surface area (Å²) < 4.78 is 27.4. The highest BCUT2D eigenvalue weighted by Gasteiger charge is 2.26. The van der Waals surface area contributed by atoms with Crippen LogP contribution in [-0.2, 0) is 22.2 Å². The molecule has 6 nitrogen and oxygen atoms in total. The van der Waals surface area contributed by atoms with Crippen molar-refractivity contribution in [2.24, 2.45) is 0 Å². The fraction of sp³-hybridized carbons (Fsp3) is 0.250. The van der Waals surface area contributed by atoms with Crippen LogP contribution < -0.4 is 4.72 Å². The van der Waals surface area contributed by atoms with Gasteiger partial charge in [0.1, 0.15) is 0 Å². The number of rotatable bonds is 5. The van der Waals surface area contributed by atoms with Crippen LogP contribution >= 0.6 is 0 Å². The molecule has 2 aromatic rings. The number of hydrogen-bond acceptors (Lipinski definition) is 4. The average molecular weight is 332 g/mol. The second-order valence-corrected chi connectivity index (χ2v) is 7.35. The van der Waals surface area contributed by atoms with E-state index in [9.17, 15) is 18.5 Å². The molecule has 120 valence electrons. The number of nitrogens with zero attached hydrogens (tertiary/aromatic N) is 1. The third-order valence-electron chi connectivity index (χ3n) is 3.93. The Morgan fingerprint density at radius 3 is 2.74 bits per heavy atom. The molecule has 1 aliphatic carbocycles. The molecule has 3 rings (SSSR count). The van der Waals surface area contributed by atoms with Gasteiger partial charge in [-0.3, -0.25) is 10.1 Å². The van der Waals surface area contributed by atoms with E-state index in [0.717, 1.165) is 24.0 Å². The molecule has 0 spiro atoms. The second kappa shape index (κ2) is 6.10. The van der Waals surface area contributed by atoms with E-state index in [2.05, 4.69) is 4.72 Å². The first-order chi connectivity index (χ1) is 10.9. The second-order valence-electron chi connectivity index (χ2n) is 5.59. The van der Waals surface area contributed by atoms with Crippen LogP contribution in [0, 0.1) is 10.1 Å². The van der Waals surface area contributed by atoms with Crippen LogP contribution in [0.15, 0.2) is 48.5 Å². The molecule has 0 heterocycles. The normalized spacial score (nSPS) is 17.0. The topological polar surface area (TPSA) is 89.3 Å². The molecule has 0 saturated carbocycles. The molecule has 0 amide bonds. The summed E-state index contributed by atoms with van der Waals surface area (Å²) in [6.45, 7) is 0. The van der Waals surface area contributed by atoms with Crippen LogP contribution in [0.3, 0.4) is 0 Å². The minimum absolute atomic E-state index is 0.107. The van der Waals surface area contributed by atoms with Gasteiger partial charge in [-0.25, -0.2) is 13.1 Å². The molecule has 0 radical (unpaired) electrons. The van der Waals surface area contributed by atoms with Crippen molar-refractivity contribution in [1.82, 2.24) is 4.72 Å². The molecule has 0 bridgehead atoms. The van der Waals surface area contributed by atoms with Crippen molar-refractivity contribution in [3.63, 3.8) is 0 Å². The number of aryl methyl sites for hydroxylation is 1. The Labute approximate surface area is 134 Å².